The summed E-state index contributed by atoms with van der Waals surface area (Å²) in [7, 11) is 1.47. The molecule has 1 heterocycles. The molecule has 0 aromatic rings. The van der Waals surface area contributed by atoms with Crippen molar-refractivity contribution in [3.05, 3.63) is 0 Å². The van der Waals surface area contributed by atoms with Gasteiger partial charge in [0.1, 0.15) is 5.54 Å². The summed E-state index contributed by atoms with van der Waals surface area (Å²) in [5.41, 5.74) is -0.528. The lowest BCUT2D eigenvalue weighted by Crippen LogP contribution is -2.51. The van der Waals surface area contributed by atoms with Crippen molar-refractivity contribution in [3.63, 3.8) is 0 Å². The molecule has 2 unspecified atom stereocenters. The van der Waals surface area contributed by atoms with Crippen molar-refractivity contribution in [2.45, 2.75) is 56.7 Å². The molecule has 1 aliphatic heterocycles. The number of hydrogen-bond donors (Lipinski definition) is 1. The Labute approximate surface area is 120 Å². The third-order valence-electron chi connectivity index (χ3n) is 3.81. The second-order valence-corrected chi connectivity index (χ2v) is 6.85. The van der Waals surface area contributed by atoms with Gasteiger partial charge < -0.3 is 9.47 Å². The summed E-state index contributed by atoms with van der Waals surface area (Å²) in [4.78, 5) is 11.9. The number of carbonyl (C=O) groups is 1. The first-order chi connectivity index (χ1) is 9.14. The summed E-state index contributed by atoms with van der Waals surface area (Å²) in [5.74, 6) is 1.86. The Morgan fingerprint density at radius 3 is 2.84 bits per heavy atom. The van der Waals surface area contributed by atoms with Crippen molar-refractivity contribution in [3.8, 4) is 0 Å². The number of nitrogens with one attached hydrogen (secondary N) is 1. The smallest absolute Gasteiger partial charge is 0.325 e. The molecule has 19 heavy (non-hydrogen) atoms. The number of methoxy groups -OCH3 is 1. The molecule has 2 atom stereocenters. The third kappa shape index (κ3) is 4.65. The first-order valence-electron chi connectivity index (χ1n) is 7.19. The molecule has 4 nitrogen and oxygen atoms in total. The summed E-state index contributed by atoms with van der Waals surface area (Å²) in [6, 6.07) is 0.507. The van der Waals surface area contributed by atoms with Crippen molar-refractivity contribution in [2.24, 2.45) is 0 Å². The molecular formula is C14H25NO3S. The average molecular weight is 287 g/mol. The largest absolute Gasteiger partial charge is 0.468 e. The van der Waals surface area contributed by atoms with Crippen LogP contribution in [0.15, 0.2) is 0 Å². The Morgan fingerprint density at radius 2 is 2.26 bits per heavy atom. The van der Waals surface area contributed by atoms with Gasteiger partial charge in [-0.3, -0.25) is 10.1 Å². The van der Waals surface area contributed by atoms with Crippen molar-refractivity contribution in [1.29, 1.82) is 0 Å². The molecule has 0 radical (unpaired) electrons. The van der Waals surface area contributed by atoms with Gasteiger partial charge in [0.25, 0.3) is 0 Å². The number of hydrogen-bond acceptors (Lipinski definition) is 5. The molecule has 0 aromatic heterocycles. The number of thioether (sulfide) groups is 1. The Balaban J connectivity index is 1.70. The van der Waals surface area contributed by atoms with Gasteiger partial charge in [-0.25, -0.2) is 0 Å². The zero-order valence-electron chi connectivity index (χ0n) is 11.9. The highest BCUT2D eigenvalue weighted by Gasteiger charge is 2.38. The molecule has 0 spiro atoms. The van der Waals surface area contributed by atoms with Crippen LogP contribution in [0.1, 0.15) is 39.0 Å². The van der Waals surface area contributed by atoms with Gasteiger partial charge in [-0.2, -0.15) is 11.8 Å². The normalized spacial score (nSPS) is 26.1. The zero-order chi connectivity index (χ0) is 13.7. The standard InChI is InChI=1S/C14H25NO3S/c1-14(13(16)17-2,15-11-5-6-11)7-9-19-10-12-4-3-8-18-12/h11-12,15H,3-10H2,1-2H3. The van der Waals surface area contributed by atoms with Gasteiger partial charge in [-0.1, -0.05) is 0 Å². The molecule has 0 aromatic carbocycles. The zero-order valence-corrected chi connectivity index (χ0v) is 12.8. The molecule has 2 rings (SSSR count). The quantitative estimate of drug-likeness (QED) is 0.546. The highest BCUT2D eigenvalue weighted by Crippen LogP contribution is 2.26. The Hall–Kier alpha value is -0.260. The lowest BCUT2D eigenvalue weighted by molar-refractivity contribution is -0.148. The third-order valence-corrected chi connectivity index (χ3v) is 4.91. The molecule has 2 fully saturated rings. The molecule has 2 aliphatic rings. The van der Waals surface area contributed by atoms with Gasteiger partial charge in [0.05, 0.1) is 13.2 Å². The lowest BCUT2D eigenvalue weighted by Gasteiger charge is -2.28. The minimum atomic E-state index is -0.528. The van der Waals surface area contributed by atoms with Crippen LogP contribution in [0.3, 0.4) is 0 Å². The monoisotopic (exact) mass is 287 g/mol. The molecule has 5 heteroatoms. The van der Waals surface area contributed by atoms with Gasteiger partial charge in [0.2, 0.25) is 0 Å². The van der Waals surface area contributed by atoms with Crippen LogP contribution in [0.25, 0.3) is 0 Å². The molecule has 1 saturated heterocycles. The molecular weight excluding hydrogens is 262 g/mol. The fourth-order valence-electron chi connectivity index (χ4n) is 2.40. The van der Waals surface area contributed by atoms with E-state index in [0.717, 1.165) is 24.5 Å². The first kappa shape index (κ1) is 15.1. The van der Waals surface area contributed by atoms with Gasteiger partial charge in [0, 0.05) is 18.4 Å². The molecule has 1 saturated carbocycles. The maximum Gasteiger partial charge on any atom is 0.325 e. The molecule has 1 aliphatic carbocycles. The SMILES string of the molecule is COC(=O)C(C)(CCSCC1CCCO1)NC1CC1. The topological polar surface area (TPSA) is 47.6 Å². The number of esters is 1. The molecule has 0 bridgehead atoms. The maximum absolute atomic E-state index is 11.9. The van der Waals surface area contributed by atoms with Gasteiger partial charge in [-0.15, -0.1) is 0 Å². The summed E-state index contributed by atoms with van der Waals surface area (Å²) >= 11 is 1.88. The summed E-state index contributed by atoms with van der Waals surface area (Å²) in [5, 5.41) is 3.43. The Bertz CT molecular complexity index is 303. The van der Waals surface area contributed by atoms with E-state index in [1.807, 2.05) is 18.7 Å². The minimum absolute atomic E-state index is 0.142. The van der Waals surface area contributed by atoms with E-state index in [1.54, 1.807) is 0 Å². The maximum atomic E-state index is 11.9. The van der Waals surface area contributed by atoms with Gasteiger partial charge in [0.15, 0.2) is 0 Å². The predicted molar refractivity (Wildman–Crippen MR) is 77.5 cm³/mol. The predicted octanol–water partition coefficient (Wildman–Crippen LogP) is 1.97. The number of rotatable bonds is 8. The molecule has 1 N–H and O–H groups in total. The second-order valence-electron chi connectivity index (χ2n) is 5.70. The Morgan fingerprint density at radius 1 is 1.47 bits per heavy atom. The first-order valence-corrected chi connectivity index (χ1v) is 8.35. The van der Waals surface area contributed by atoms with Crippen LogP contribution in [-0.2, 0) is 14.3 Å². The lowest BCUT2D eigenvalue weighted by atomic mass is 9.99. The fourth-order valence-corrected chi connectivity index (χ4v) is 3.65. The van der Waals surface area contributed by atoms with Crippen molar-refractivity contribution in [1.82, 2.24) is 5.32 Å². The van der Waals surface area contributed by atoms with Crippen LogP contribution in [0.4, 0.5) is 0 Å². The minimum Gasteiger partial charge on any atom is -0.468 e. The van der Waals surface area contributed by atoms with E-state index >= 15 is 0 Å². The highest BCUT2D eigenvalue weighted by molar-refractivity contribution is 7.99. The van der Waals surface area contributed by atoms with E-state index in [4.69, 9.17) is 9.47 Å². The van der Waals surface area contributed by atoms with E-state index in [2.05, 4.69) is 5.32 Å². The van der Waals surface area contributed by atoms with Crippen molar-refractivity contribution in [2.75, 3.05) is 25.2 Å². The van der Waals surface area contributed by atoms with Crippen molar-refractivity contribution >= 4 is 17.7 Å². The van der Waals surface area contributed by atoms with Crippen LogP contribution in [0.2, 0.25) is 0 Å². The molecule has 110 valence electrons. The fraction of sp³-hybridized carbons (Fsp3) is 0.929. The average Bonchev–Trinajstić information content (AvgIpc) is 3.06. The summed E-state index contributed by atoms with van der Waals surface area (Å²) in [6.45, 7) is 2.87. The van der Waals surface area contributed by atoms with E-state index in [9.17, 15) is 4.79 Å². The summed E-state index contributed by atoms with van der Waals surface area (Å²) < 4.78 is 10.5. The van der Waals surface area contributed by atoms with Crippen LogP contribution >= 0.6 is 11.8 Å². The van der Waals surface area contributed by atoms with Gasteiger partial charge >= 0.3 is 5.97 Å². The summed E-state index contributed by atoms with van der Waals surface area (Å²) in [6.07, 6.45) is 5.96. The van der Waals surface area contributed by atoms with E-state index in [-0.39, 0.29) is 5.97 Å². The Kier molecular flexibility index (Phi) is 5.54. The number of ether oxygens (including phenoxy) is 2. The van der Waals surface area contributed by atoms with Crippen molar-refractivity contribution < 1.29 is 14.3 Å². The van der Waals surface area contributed by atoms with E-state index in [0.29, 0.717) is 12.1 Å². The van der Waals surface area contributed by atoms with Crippen LogP contribution in [0.5, 0.6) is 0 Å². The van der Waals surface area contributed by atoms with Crippen LogP contribution < -0.4 is 5.32 Å². The van der Waals surface area contributed by atoms with Crippen LogP contribution in [-0.4, -0.2) is 48.9 Å². The van der Waals surface area contributed by atoms with E-state index < -0.39 is 5.54 Å². The number of carbonyl (C=O) groups excluding carboxylic acids is 1. The molecule has 0 amide bonds. The second kappa shape index (κ2) is 6.95. The van der Waals surface area contributed by atoms with E-state index in [1.165, 1.54) is 32.8 Å². The van der Waals surface area contributed by atoms with Crippen LogP contribution in [0, 0.1) is 0 Å². The highest BCUT2D eigenvalue weighted by atomic mass is 32.2. The van der Waals surface area contributed by atoms with Gasteiger partial charge in [-0.05, 0) is 44.8 Å².